The summed E-state index contributed by atoms with van der Waals surface area (Å²) in [6.07, 6.45) is 8.47. The first kappa shape index (κ1) is 7.74. The van der Waals surface area contributed by atoms with Crippen molar-refractivity contribution in [3.05, 3.63) is 23.8 Å². The van der Waals surface area contributed by atoms with Crippen LogP contribution in [0.4, 0.5) is 0 Å². The zero-order chi connectivity index (χ0) is 8.27. The maximum absolute atomic E-state index is 5.12. The van der Waals surface area contributed by atoms with Gasteiger partial charge in [-0.3, -0.25) is 4.98 Å². The quantitative estimate of drug-likeness (QED) is 0.562. The second kappa shape index (κ2) is 3.16. The number of aromatic nitrogens is 2. The fourth-order valence-corrected chi connectivity index (χ4v) is 0.711. The van der Waals surface area contributed by atoms with Gasteiger partial charge in [0.25, 0.3) is 0 Å². The Morgan fingerprint density at radius 3 is 2.45 bits per heavy atom. The summed E-state index contributed by atoms with van der Waals surface area (Å²) in [7, 11) is 0. The summed E-state index contributed by atoms with van der Waals surface area (Å²) in [6, 6.07) is 0. The second-order valence-electron chi connectivity index (χ2n) is 2.63. The van der Waals surface area contributed by atoms with Gasteiger partial charge in [-0.15, -0.1) is 6.42 Å². The molecule has 0 spiro atoms. The van der Waals surface area contributed by atoms with Crippen molar-refractivity contribution in [3.8, 4) is 12.3 Å². The van der Waals surface area contributed by atoms with E-state index in [0.717, 1.165) is 5.69 Å². The van der Waals surface area contributed by atoms with Crippen molar-refractivity contribution in [2.45, 2.75) is 19.8 Å². The summed E-state index contributed by atoms with van der Waals surface area (Å²) in [4.78, 5) is 8.16. The molecule has 0 radical (unpaired) electrons. The van der Waals surface area contributed by atoms with E-state index in [1.165, 1.54) is 0 Å². The first-order valence-corrected chi connectivity index (χ1v) is 3.52. The first-order valence-electron chi connectivity index (χ1n) is 3.52. The van der Waals surface area contributed by atoms with Crippen molar-refractivity contribution in [3.63, 3.8) is 0 Å². The van der Waals surface area contributed by atoms with Gasteiger partial charge in [0.2, 0.25) is 0 Å². The molecule has 11 heavy (non-hydrogen) atoms. The molecule has 0 atom stereocenters. The van der Waals surface area contributed by atoms with Crippen LogP contribution in [0.3, 0.4) is 0 Å². The van der Waals surface area contributed by atoms with E-state index in [1.54, 1.807) is 12.4 Å². The Morgan fingerprint density at radius 1 is 1.36 bits per heavy atom. The average molecular weight is 146 g/mol. The highest BCUT2D eigenvalue weighted by Crippen LogP contribution is 2.08. The van der Waals surface area contributed by atoms with Crippen LogP contribution in [0.15, 0.2) is 12.4 Å². The molecule has 0 aromatic carbocycles. The lowest BCUT2D eigenvalue weighted by atomic mass is 10.1. The molecule has 0 aliphatic heterocycles. The highest BCUT2D eigenvalue weighted by Gasteiger charge is 1.99. The number of hydrogen-bond donors (Lipinski definition) is 0. The minimum absolute atomic E-state index is 0.411. The summed E-state index contributed by atoms with van der Waals surface area (Å²) in [6.45, 7) is 4.14. The van der Waals surface area contributed by atoms with Crippen molar-refractivity contribution in [1.82, 2.24) is 9.97 Å². The van der Waals surface area contributed by atoms with Crippen LogP contribution in [0.2, 0.25) is 0 Å². The summed E-state index contributed by atoms with van der Waals surface area (Å²) in [5.41, 5.74) is 1.57. The Bertz CT molecular complexity index is 267. The molecule has 0 amide bonds. The van der Waals surface area contributed by atoms with E-state index < -0.39 is 0 Å². The van der Waals surface area contributed by atoms with Gasteiger partial charge in [-0.05, 0) is 11.8 Å². The molecule has 0 saturated carbocycles. The standard InChI is InChI=1S/C9H10N2/c1-4-8-5-11-9(6-10-8)7(2)3/h1,5-7H,2-3H3. The van der Waals surface area contributed by atoms with E-state index in [2.05, 4.69) is 29.7 Å². The largest absolute Gasteiger partial charge is 0.256 e. The van der Waals surface area contributed by atoms with E-state index in [9.17, 15) is 0 Å². The molecule has 0 bridgehead atoms. The third kappa shape index (κ3) is 1.78. The number of hydrogen-bond acceptors (Lipinski definition) is 2. The summed E-state index contributed by atoms with van der Waals surface area (Å²) < 4.78 is 0. The predicted molar refractivity (Wildman–Crippen MR) is 44.1 cm³/mol. The van der Waals surface area contributed by atoms with Crippen LogP contribution in [0.5, 0.6) is 0 Å². The van der Waals surface area contributed by atoms with Crippen LogP contribution in [-0.4, -0.2) is 9.97 Å². The number of rotatable bonds is 1. The normalized spacial score (nSPS) is 9.64. The van der Waals surface area contributed by atoms with Gasteiger partial charge in [-0.2, -0.15) is 0 Å². The Balaban J connectivity index is 2.94. The van der Waals surface area contributed by atoms with E-state index in [4.69, 9.17) is 6.42 Å². The van der Waals surface area contributed by atoms with E-state index in [-0.39, 0.29) is 0 Å². The van der Waals surface area contributed by atoms with Gasteiger partial charge >= 0.3 is 0 Å². The maximum Gasteiger partial charge on any atom is 0.131 e. The molecule has 2 nitrogen and oxygen atoms in total. The molecular weight excluding hydrogens is 136 g/mol. The van der Waals surface area contributed by atoms with Crippen molar-refractivity contribution in [2.75, 3.05) is 0 Å². The fraction of sp³-hybridized carbons (Fsp3) is 0.333. The Labute approximate surface area is 66.7 Å². The summed E-state index contributed by atoms with van der Waals surface area (Å²) >= 11 is 0. The monoisotopic (exact) mass is 146 g/mol. The van der Waals surface area contributed by atoms with E-state index in [0.29, 0.717) is 11.6 Å². The van der Waals surface area contributed by atoms with Crippen LogP contribution in [0, 0.1) is 12.3 Å². The van der Waals surface area contributed by atoms with Crippen LogP contribution in [0.25, 0.3) is 0 Å². The molecule has 0 unspecified atom stereocenters. The molecule has 56 valence electrons. The minimum Gasteiger partial charge on any atom is -0.256 e. The lowest BCUT2D eigenvalue weighted by molar-refractivity contribution is 0.810. The van der Waals surface area contributed by atoms with Crippen LogP contribution in [0.1, 0.15) is 31.2 Å². The first-order chi connectivity index (χ1) is 5.24. The summed E-state index contributed by atoms with van der Waals surface area (Å²) in [5, 5.41) is 0. The lowest BCUT2D eigenvalue weighted by Crippen LogP contribution is -1.94. The predicted octanol–water partition coefficient (Wildman–Crippen LogP) is 1.58. The molecule has 1 rings (SSSR count). The molecule has 0 fully saturated rings. The molecule has 0 aliphatic carbocycles. The van der Waals surface area contributed by atoms with Crippen molar-refractivity contribution in [2.24, 2.45) is 0 Å². The van der Waals surface area contributed by atoms with Crippen molar-refractivity contribution < 1.29 is 0 Å². The molecular formula is C9H10N2. The van der Waals surface area contributed by atoms with Crippen LogP contribution < -0.4 is 0 Å². The zero-order valence-corrected chi connectivity index (χ0v) is 6.70. The van der Waals surface area contributed by atoms with Gasteiger partial charge in [0.15, 0.2) is 0 Å². The van der Waals surface area contributed by atoms with Gasteiger partial charge in [-0.25, -0.2) is 4.98 Å². The SMILES string of the molecule is C#Cc1cnc(C(C)C)cn1. The fourth-order valence-electron chi connectivity index (χ4n) is 0.711. The Morgan fingerprint density at radius 2 is 2.09 bits per heavy atom. The molecule has 1 aromatic rings. The average Bonchev–Trinajstić information content (AvgIpc) is 2.05. The van der Waals surface area contributed by atoms with E-state index in [1.807, 2.05) is 0 Å². The lowest BCUT2D eigenvalue weighted by Gasteiger charge is -2.01. The molecule has 0 aliphatic rings. The smallest absolute Gasteiger partial charge is 0.131 e. The summed E-state index contributed by atoms with van der Waals surface area (Å²) in [5.74, 6) is 2.83. The van der Waals surface area contributed by atoms with Crippen LogP contribution >= 0.6 is 0 Å². The maximum atomic E-state index is 5.12. The van der Waals surface area contributed by atoms with Gasteiger partial charge < -0.3 is 0 Å². The van der Waals surface area contributed by atoms with Crippen LogP contribution in [-0.2, 0) is 0 Å². The molecule has 0 N–H and O–H groups in total. The molecule has 2 heteroatoms. The van der Waals surface area contributed by atoms with E-state index >= 15 is 0 Å². The highest BCUT2D eigenvalue weighted by atomic mass is 14.8. The minimum atomic E-state index is 0.411. The highest BCUT2D eigenvalue weighted by molar-refractivity contribution is 5.21. The van der Waals surface area contributed by atoms with Gasteiger partial charge in [0, 0.05) is 0 Å². The third-order valence-electron chi connectivity index (χ3n) is 1.41. The van der Waals surface area contributed by atoms with Gasteiger partial charge in [0.1, 0.15) is 5.69 Å². The third-order valence-corrected chi connectivity index (χ3v) is 1.41. The Kier molecular flexibility index (Phi) is 2.22. The topological polar surface area (TPSA) is 25.8 Å². The zero-order valence-electron chi connectivity index (χ0n) is 6.70. The molecule has 0 saturated heterocycles. The second-order valence-corrected chi connectivity index (χ2v) is 2.63. The Hall–Kier alpha value is -1.36. The number of nitrogens with zero attached hydrogens (tertiary/aromatic N) is 2. The number of terminal acetylenes is 1. The van der Waals surface area contributed by atoms with Crippen molar-refractivity contribution >= 4 is 0 Å². The van der Waals surface area contributed by atoms with Crippen molar-refractivity contribution in [1.29, 1.82) is 0 Å². The molecule has 1 aromatic heterocycles. The van der Waals surface area contributed by atoms with Gasteiger partial charge in [-0.1, -0.05) is 13.8 Å². The molecule has 1 heterocycles. The van der Waals surface area contributed by atoms with Gasteiger partial charge in [0.05, 0.1) is 18.1 Å².